The van der Waals surface area contributed by atoms with Crippen molar-refractivity contribution in [2.24, 2.45) is 5.92 Å². The smallest absolute Gasteiger partial charge is 0.128 e. The van der Waals surface area contributed by atoms with Gasteiger partial charge in [-0.2, -0.15) is 0 Å². The van der Waals surface area contributed by atoms with E-state index >= 15 is 0 Å². The first-order valence-electron chi connectivity index (χ1n) is 6.43. The molecular formula is C15H21NO. The van der Waals surface area contributed by atoms with Gasteiger partial charge in [-0.25, -0.2) is 0 Å². The topological polar surface area (TPSA) is 14.2 Å². The van der Waals surface area contributed by atoms with Crippen LogP contribution in [0.1, 0.15) is 27.2 Å². The number of nitrogens with zero attached hydrogens (tertiary/aromatic N) is 1. The monoisotopic (exact) mass is 231 g/mol. The number of benzene rings is 1. The summed E-state index contributed by atoms with van der Waals surface area (Å²) in [6, 6.07) is 8.45. The van der Waals surface area contributed by atoms with Gasteiger partial charge in [-0.1, -0.05) is 26.8 Å². The van der Waals surface area contributed by atoms with Gasteiger partial charge in [-0.3, -0.25) is 0 Å². The van der Waals surface area contributed by atoms with Gasteiger partial charge < -0.3 is 9.30 Å². The highest BCUT2D eigenvalue weighted by Gasteiger charge is 2.07. The first-order chi connectivity index (χ1) is 8.22. The van der Waals surface area contributed by atoms with Gasteiger partial charge in [0.05, 0.1) is 12.1 Å². The van der Waals surface area contributed by atoms with Gasteiger partial charge in [0.25, 0.3) is 0 Å². The average molecular weight is 231 g/mol. The van der Waals surface area contributed by atoms with Gasteiger partial charge in [0, 0.05) is 18.1 Å². The number of hydrogen-bond donors (Lipinski definition) is 0. The molecule has 0 amide bonds. The predicted octanol–water partition coefficient (Wildman–Crippen LogP) is 4.09. The molecular weight excluding hydrogens is 210 g/mol. The van der Waals surface area contributed by atoms with Crippen LogP contribution in [0, 0.1) is 5.92 Å². The van der Waals surface area contributed by atoms with E-state index in [1.807, 2.05) is 0 Å². The Morgan fingerprint density at radius 1 is 1.24 bits per heavy atom. The van der Waals surface area contributed by atoms with Crippen molar-refractivity contribution in [3.63, 3.8) is 0 Å². The van der Waals surface area contributed by atoms with Gasteiger partial charge in [0.15, 0.2) is 0 Å². The summed E-state index contributed by atoms with van der Waals surface area (Å²) in [5, 5.41) is 1.22. The van der Waals surface area contributed by atoms with Crippen LogP contribution in [0.15, 0.2) is 30.5 Å². The van der Waals surface area contributed by atoms with E-state index in [1.54, 1.807) is 0 Å². The largest absolute Gasteiger partial charge is 0.493 e. The fourth-order valence-corrected chi connectivity index (χ4v) is 2.09. The molecule has 1 aromatic carbocycles. The van der Waals surface area contributed by atoms with Crippen molar-refractivity contribution < 1.29 is 4.74 Å². The minimum Gasteiger partial charge on any atom is -0.493 e. The third-order valence-electron chi connectivity index (χ3n) is 2.80. The van der Waals surface area contributed by atoms with E-state index in [2.05, 4.69) is 55.8 Å². The molecule has 0 aliphatic rings. The lowest BCUT2D eigenvalue weighted by molar-refractivity contribution is 0.321. The first kappa shape index (κ1) is 12.0. The molecule has 1 aromatic heterocycles. The molecule has 2 rings (SSSR count). The van der Waals surface area contributed by atoms with E-state index in [1.165, 1.54) is 10.9 Å². The van der Waals surface area contributed by atoms with Crippen LogP contribution in [-0.4, -0.2) is 11.2 Å². The third-order valence-corrected chi connectivity index (χ3v) is 2.80. The molecule has 0 saturated carbocycles. The minimum absolute atomic E-state index is 0.658. The van der Waals surface area contributed by atoms with E-state index in [9.17, 15) is 0 Å². The molecule has 0 unspecified atom stereocenters. The van der Waals surface area contributed by atoms with Gasteiger partial charge in [-0.05, 0) is 30.5 Å². The average Bonchev–Trinajstić information content (AvgIpc) is 2.70. The van der Waals surface area contributed by atoms with E-state index < -0.39 is 0 Å². The maximum absolute atomic E-state index is 5.77. The fourth-order valence-electron chi connectivity index (χ4n) is 2.09. The Kier molecular flexibility index (Phi) is 3.72. The molecule has 1 heterocycles. The molecule has 0 aliphatic heterocycles. The molecule has 0 N–H and O–H groups in total. The molecule has 0 fully saturated rings. The lowest BCUT2D eigenvalue weighted by atomic mass is 10.2. The van der Waals surface area contributed by atoms with Crippen LogP contribution in [-0.2, 0) is 6.54 Å². The highest BCUT2D eigenvalue weighted by Crippen LogP contribution is 2.27. The number of aromatic nitrogens is 1. The molecule has 92 valence electrons. The SMILES string of the molecule is CCCOc1cccc2c1ccn2CC(C)C. The zero-order valence-corrected chi connectivity index (χ0v) is 10.9. The van der Waals surface area contributed by atoms with Gasteiger partial charge in [0.1, 0.15) is 5.75 Å². The molecule has 17 heavy (non-hydrogen) atoms. The number of rotatable bonds is 5. The van der Waals surface area contributed by atoms with Crippen molar-refractivity contribution in [3.8, 4) is 5.75 Å². The highest BCUT2D eigenvalue weighted by molar-refractivity contribution is 5.86. The van der Waals surface area contributed by atoms with Crippen molar-refractivity contribution in [1.29, 1.82) is 0 Å². The number of ether oxygens (including phenoxy) is 1. The Labute approximate surface area is 103 Å². The molecule has 2 aromatic rings. The second-order valence-corrected chi connectivity index (χ2v) is 4.90. The summed E-state index contributed by atoms with van der Waals surface area (Å²) in [5.41, 5.74) is 1.27. The Morgan fingerprint density at radius 2 is 2.06 bits per heavy atom. The summed E-state index contributed by atoms with van der Waals surface area (Å²) in [6.07, 6.45) is 3.20. The van der Waals surface area contributed by atoms with Crippen LogP contribution in [0.5, 0.6) is 5.75 Å². The summed E-state index contributed by atoms with van der Waals surface area (Å²) >= 11 is 0. The van der Waals surface area contributed by atoms with Crippen LogP contribution in [0.3, 0.4) is 0 Å². The number of hydrogen-bond acceptors (Lipinski definition) is 1. The molecule has 0 spiro atoms. The fraction of sp³-hybridized carbons (Fsp3) is 0.467. The van der Waals surface area contributed by atoms with E-state index in [0.29, 0.717) is 5.92 Å². The highest BCUT2D eigenvalue weighted by atomic mass is 16.5. The van der Waals surface area contributed by atoms with E-state index in [-0.39, 0.29) is 0 Å². The quantitative estimate of drug-likeness (QED) is 0.756. The molecule has 0 aliphatic carbocycles. The predicted molar refractivity (Wildman–Crippen MR) is 72.6 cm³/mol. The van der Waals surface area contributed by atoms with Crippen molar-refractivity contribution in [2.45, 2.75) is 33.7 Å². The summed E-state index contributed by atoms with van der Waals surface area (Å²) in [7, 11) is 0. The standard InChI is InChI=1S/C15H21NO/c1-4-10-17-15-7-5-6-14-13(15)8-9-16(14)11-12(2)3/h5-9,12H,4,10-11H2,1-3H3. The molecule has 0 bridgehead atoms. The summed E-state index contributed by atoms with van der Waals surface area (Å²) in [6.45, 7) is 8.45. The zero-order chi connectivity index (χ0) is 12.3. The summed E-state index contributed by atoms with van der Waals surface area (Å²) in [4.78, 5) is 0. The second-order valence-electron chi connectivity index (χ2n) is 4.90. The first-order valence-corrected chi connectivity index (χ1v) is 6.43. The van der Waals surface area contributed by atoms with Gasteiger partial charge >= 0.3 is 0 Å². The van der Waals surface area contributed by atoms with Crippen molar-refractivity contribution in [2.75, 3.05) is 6.61 Å². The minimum atomic E-state index is 0.658. The molecule has 0 atom stereocenters. The van der Waals surface area contributed by atoms with Crippen LogP contribution in [0.2, 0.25) is 0 Å². The normalized spacial score (nSPS) is 11.3. The number of fused-ring (bicyclic) bond motifs is 1. The lowest BCUT2D eigenvalue weighted by Gasteiger charge is -2.10. The Balaban J connectivity index is 2.35. The van der Waals surface area contributed by atoms with Crippen LogP contribution < -0.4 is 4.74 Å². The maximum Gasteiger partial charge on any atom is 0.128 e. The zero-order valence-electron chi connectivity index (χ0n) is 10.9. The maximum atomic E-state index is 5.77. The summed E-state index contributed by atoms with van der Waals surface area (Å²) < 4.78 is 8.08. The van der Waals surface area contributed by atoms with Gasteiger partial charge in [0.2, 0.25) is 0 Å². The molecule has 0 radical (unpaired) electrons. The molecule has 2 nitrogen and oxygen atoms in total. The Bertz CT molecular complexity index is 485. The second kappa shape index (κ2) is 5.26. The van der Waals surface area contributed by atoms with Crippen LogP contribution in [0.25, 0.3) is 10.9 Å². The van der Waals surface area contributed by atoms with E-state index in [0.717, 1.165) is 25.3 Å². The van der Waals surface area contributed by atoms with Crippen LogP contribution >= 0.6 is 0 Å². The Hall–Kier alpha value is -1.44. The van der Waals surface area contributed by atoms with Crippen molar-refractivity contribution >= 4 is 10.9 Å². The lowest BCUT2D eigenvalue weighted by Crippen LogP contribution is -2.02. The van der Waals surface area contributed by atoms with Gasteiger partial charge in [-0.15, -0.1) is 0 Å². The Morgan fingerprint density at radius 3 is 2.76 bits per heavy atom. The van der Waals surface area contributed by atoms with E-state index in [4.69, 9.17) is 4.74 Å². The third kappa shape index (κ3) is 2.63. The van der Waals surface area contributed by atoms with Crippen LogP contribution in [0.4, 0.5) is 0 Å². The van der Waals surface area contributed by atoms with Crippen molar-refractivity contribution in [1.82, 2.24) is 4.57 Å². The molecule has 0 saturated heterocycles. The molecule has 2 heteroatoms. The summed E-state index contributed by atoms with van der Waals surface area (Å²) in [5.74, 6) is 1.66. The van der Waals surface area contributed by atoms with Crippen molar-refractivity contribution in [3.05, 3.63) is 30.5 Å².